The fraction of sp³-hybridized carbons (Fsp3) is 0.300. The Balaban J connectivity index is 2.01. The minimum atomic E-state index is 0.500. The summed E-state index contributed by atoms with van der Waals surface area (Å²) in [4.78, 5) is 0. The zero-order chi connectivity index (χ0) is 16.2. The maximum absolute atomic E-state index is 6.23. The Morgan fingerprint density at radius 1 is 1.17 bits per heavy atom. The van der Waals surface area contributed by atoms with Gasteiger partial charge in [0.1, 0.15) is 12.4 Å². The van der Waals surface area contributed by atoms with Gasteiger partial charge < -0.3 is 10.1 Å². The first-order valence-corrected chi connectivity index (χ1v) is 8.47. The maximum Gasteiger partial charge on any atom is 0.127 e. The first kappa shape index (κ1) is 16.1. The molecule has 0 saturated carbocycles. The third kappa shape index (κ3) is 3.77. The highest BCUT2D eigenvalue weighted by molar-refractivity contribution is 6.30. The highest BCUT2D eigenvalue weighted by atomic mass is 35.5. The summed E-state index contributed by atoms with van der Waals surface area (Å²) >= 11 is 6.23. The molecule has 0 aromatic heterocycles. The molecule has 3 rings (SSSR count). The normalized spacial score (nSPS) is 15.0. The Kier molecular flexibility index (Phi) is 5.04. The standard InChI is InChI=1S/C20H22ClNO/c1-14(2)22-11-5-8-18-17-7-4-3-6-15(17)13-23-20-10-9-16(21)12-19(18)20/h3-4,6-10,12,14,22H,5,11,13H2,1-2H3/b18-8-. The van der Waals surface area contributed by atoms with Gasteiger partial charge in [0.25, 0.3) is 0 Å². The summed E-state index contributed by atoms with van der Waals surface area (Å²) in [7, 11) is 0. The fourth-order valence-corrected chi connectivity index (χ4v) is 3.03. The first-order chi connectivity index (χ1) is 11.1. The molecule has 0 saturated heterocycles. The molecule has 23 heavy (non-hydrogen) atoms. The summed E-state index contributed by atoms with van der Waals surface area (Å²) in [6.07, 6.45) is 3.26. The molecule has 1 heterocycles. The quantitative estimate of drug-likeness (QED) is 0.793. The third-order valence-corrected chi connectivity index (χ3v) is 4.20. The molecule has 3 heteroatoms. The highest BCUT2D eigenvalue weighted by Crippen LogP contribution is 2.38. The lowest BCUT2D eigenvalue weighted by Crippen LogP contribution is -2.23. The van der Waals surface area contributed by atoms with Crippen molar-refractivity contribution in [1.82, 2.24) is 5.32 Å². The maximum atomic E-state index is 6.23. The number of rotatable bonds is 4. The van der Waals surface area contributed by atoms with Gasteiger partial charge in [-0.25, -0.2) is 0 Å². The van der Waals surface area contributed by atoms with E-state index in [-0.39, 0.29) is 0 Å². The Morgan fingerprint density at radius 2 is 2.00 bits per heavy atom. The van der Waals surface area contributed by atoms with Crippen LogP contribution in [0.5, 0.6) is 5.75 Å². The van der Waals surface area contributed by atoms with Crippen LogP contribution in [0.15, 0.2) is 48.5 Å². The lowest BCUT2D eigenvalue weighted by Gasteiger charge is -2.12. The topological polar surface area (TPSA) is 21.3 Å². The van der Waals surface area contributed by atoms with E-state index in [1.54, 1.807) is 0 Å². The fourth-order valence-electron chi connectivity index (χ4n) is 2.86. The van der Waals surface area contributed by atoms with Gasteiger partial charge in [-0.3, -0.25) is 0 Å². The molecule has 0 radical (unpaired) electrons. The molecule has 1 aliphatic heterocycles. The zero-order valence-corrected chi connectivity index (χ0v) is 14.4. The van der Waals surface area contributed by atoms with E-state index in [4.69, 9.17) is 16.3 Å². The van der Waals surface area contributed by atoms with Crippen LogP contribution in [0.4, 0.5) is 0 Å². The van der Waals surface area contributed by atoms with E-state index in [2.05, 4.69) is 49.5 Å². The minimum Gasteiger partial charge on any atom is -0.488 e. The molecule has 0 aliphatic carbocycles. The van der Waals surface area contributed by atoms with E-state index in [0.717, 1.165) is 29.3 Å². The monoisotopic (exact) mass is 327 g/mol. The van der Waals surface area contributed by atoms with E-state index >= 15 is 0 Å². The van der Waals surface area contributed by atoms with Crippen LogP contribution in [-0.2, 0) is 6.61 Å². The van der Waals surface area contributed by atoms with Crippen LogP contribution < -0.4 is 10.1 Å². The van der Waals surface area contributed by atoms with Gasteiger partial charge in [0, 0.05) is 16.6 Å². The number of nitrogens with one attached hydrogen (secondary N) is 1. The van der Waals surface area contributed by atoms with Gasteiger partial charge in [-0.2, -0.15) is 0 Å². The van der Waals surface area contributed by atoms with Crippen molar-refractivity contribution in [3.05, 3.63) is 70.3 Å². The number of hydrogen-bond acceptors (Lipinski definition) is 2. The lowest BCUT2D eigenvalue weighted by atomic mass is 9.93. The van der Waals surface area contributed by atoms with Crippen molar-refractivity contribution >= 4 is 17.2 Å². The average molecular weight is 328 g/mol. The Hall–Kier alpha value is -1.77. The summed E-state index contributed by atoms with van der Waals surface area (Å²) in [5.41, 5.74) is 4.73. The molecule has 0 spiro atoms. The average Bonchev–Trinajstić information content (AvgIpc) is 2.68. The van der Waals surface area contributed by atoms with Crippen LogP contribution in [0.3, 0.4) is 0 Å². The van der Waals surface area contributed by atoms with Crippen molar-refractivity contribution in [1.29, 1.82) is 0 Å². The third-order valence-electron chi connectivity index (χ3n) is 3.97. The number of ether oxygens (including phenoxy) is 1. The molecule has 2 aromatic rings. The molecule has 2 aromatic carbocycles. The van der Waals surface area contributed by atoms with E-state index in [1.807, 2.05) is 18.2 Å². The minimum absolute atomic E-state index is 0.500. The summed E-state index contributed by atoms with van der Waals surface area (Å²) in [5.74, 6) is 0.897. The van der Waals surface area contributed by atoms with Gasteiger partial charge in [0.05, 0.1) is 0 Å². The summed E-state index contributed by atoms with van der Waals surface area (Å²) in [5, 5.41) is 4.19. The predicted octanol–water partition coefficient (Wildman–Crippen LogP) is 5.05. The van der Waals surface area contributed by atoms with Crippen molar-refractivity contribution in [2.24, 2.45) is 0 Å². The molecule has 0 atom stereocenters. The van der Waals surface area contributed by atoms with Crippen LogP contribution in [0.25, 0.3) is 5.57 Å². The van der Waals surface area contributed by atoms with Gasteiger partial charge in [-0.1, -0.05) is 55.8 Å². The molecule has 0 fully saturated rings. The number of fused-ring (bicyclic) bond motifs is 2. The Bertz CT molecular complexity index is 721. The zero-order valence-electron chi connectivity index (χ0n) is 13.6. The van der Waals surface area contributed by atoms with E-state index in [1.165, 1.54) is 16.7 Å². The molecular weight excluding hydrogens is 306 g/mol. The van der Waals surface area contributed by atoms with Gasteiger partial charge in [-0.05, 0) is 47.9 Å². The largest absolute Gasteiger partial charge is 0.488 e. The van der Waals surface area contributed by atoms with Gasteiger partial charge in [0.15, 0.2) is 0 Å². The van der Waals surface area contributed by atoms with Crippen molar-refractivity contribution in [3.8, 4) is 5.75 Å². The SMILES string of the molecule is CC(C)NCC/C=C1/c2ccccc2COc2ccc(Cl)cc21. The highest BCUT2D eigenvalue weighted by Gasteiger charge is 2.18. The van der Waals surface area contributed by atoms with Crippen molar-refractivity contribution in [2.45, 2.75) is 32.9 Å². The predicted molar refractivity (Wildman–Crippen MR) is 97.1 cm³/mol. The van der Waals surface area contributed by atoms with E-state index in [9.17, 15) is 0 Å². The Labute approximate surface area is 143 Å². The van der Waals surface area contributed by atoms with Crippen molar-refractivity contribution < 1.29 is 4.74 Å². The molecule has 120 valence electrons. The van der Waals surface area contributed by atoms with Crippen LogP contribution >= 0.6 is 11.6 Å². The van der Waals surface area contributed by atoms with Crippen LogP contribution in [0.2, 0.25) is 5.02 Å². The van der Waals surface area contributed by atoms with Gasteiger partial charge in [0.2, 0.25) is 0 Å². The van der Waals surface area contributed by atoms with Crippen LogP contribution in [0.1, 0.15) is 37.0 Å². The second-order valence-corrected chi connectivity index (χ2v) is 6.54. The molecule has 2 nitrogen and oxygen atoms in total. The molecule has 0 unspecified atom stereocenters. The van der Waals surface area contributed by atoms with Crippen molar-refractivity contribution in [3.63, 3.8) is 0 Å². The molecule has 1 aliphatic rings. The smallest absolute Gasteiger partial charge is 0.127 e. The number of halogens is 1. The number of hydrogen-bond donors (Lipinski definition) is 1. The molecule has 0 bridgehead atoms. The van der Waals surface area contributed by atoms with E-state index in [0.29, 0.717) is 12.6 Å². The lowest BCUT2D eigenvalue weighted by molar-refractivity contribution is 0.307. The van der Waals surface area contributed by atoms with Crippen molar-refractivity contribution in [2.75, 3.05) is 6.54 Å². The van der Waals surface area contributed by atoms with Gasteiger partial charge in [-0.15, -0.1) is 0 Å². The molecule has 1 N–H and O–H groups in total. The summed E-state index contributed by atoms with van der Waals surface area (Å²) < 4.78 is 5.99. The Morgan fingerprint density at radius 3 is 2.83 bits per heavy atom. The molecular formula is C20H22ClNO. The summed E-state index contributed by atoms with van der Waals surface area (Å²) in [6.45, 7) is 5.88. The molecule has 0 amide bonds. The second-order valence-electron chi connectivity index (χ2n) is 6.10. The van der Waals surface area contributed by atoms with E-state index < -0.39 is 0 Å². The number of benzene rings is 2. The summed E-state index contributed by atoms with van der Waals surface area (Å²) in [6, 6.07) is 14.8. The first-order valence-electron chi connectivity index (χ1n) is 8.09. The second kappa shape index (κ2) is 7.20. The van der Waals surface area contributed by atoms with Gasteiger partial charge >= 0.3 is 0 Å². The van der Waals surface area contributed by atoms with Crippen LogP contribution in [0, 0.1) is 0 Å². The van der Waals surface area contributed by atoms with Crippen LogP contribution in [-0.4, -0.2) is 12.6 Å².